The molecule has 0 fully saturated rings. The number of methoxy groups -OCH3 is 2. The molecule has 1 N–H and O–H groups in total. The Bertz CT molecular complexity index is 1130. The summed E-state index contributed by atoms with van der Waals surface area (Å²) in [5, 5.41) is 4.63. The minimum Gasteiger partial charge on any atom is -0.497 e. The molecule has 0 radical (unpaired) electrons. The third-order valence-electron chi connectivity index (χ3n) is 5.73. The maximum atomic E-state index is 6.63. The Hall–Kier alpha value is -2.60. The van der Waals surface area contributed by atoms with Gasteiger partial charge in [-0.25, -0.2) is 0 Å². The SMILES string of the molecule is COc1cc(N[C@@H]2C[C@]3(OCc4ccccc43)Oc3cc(Cl)cc(Cl)c32)cc(OC)c1. The number of anilines is 1. The number of ether oxygens (including phenoxy) is 4. The molecule has 31 heavy (non-hydrogen) atoms. The predicted octanol–water partition coefficient (Wildman–Crippen LogP) is 6.33. The smallest absolute Gasteiger partial charge is 0.240 e. The molecule has 2 aliphatic heterocycles. The van der Waals surface area contributed by atoms with Crippen LogP contribution in [0.4, 0.5) is 5.69 Å². The van der Waals surface area contributed by atoms with Gasteiger partial charge in [0.25, 0.3) is 0 Å². The molecule has 0 saturated carbocycles. The van der Waals surface area contributed by atoms with Crippen molar-refractivity contribution in [3.63, 3.8) is 0 Å². The lowest BCUT2D eigenvalue weighted by Gasteiger charge is -2.40. The predicted molar refractivity (Wildman–Crippen MR) is 121 cm³/mol. The summed E-state index contributed by atoms with van der Waals surface area (Å²) in [4.78, 5) is 0. The van der Waals surface area contributed by atoms with Crippen LogP contribution in [-0.2, 0) is 17.1 Å². The van der Waals surface area contributed by atoms with Gasteiger partial charge in [0.1, 0.15) is 17.2 Å². The maximum Gasteiger partial charge on any atom is 0.240 e. The third kappa shape index (κ3) is 3.57. The van der Waals surface area contributed by atoms with E-state index in [4.69, 9.17) is 42.1 Å². The highest BCUT2D eigenvalue weighted by molar-refractivity contribution is 6.35. The molecule has 3 aromatic rings. The van der Waals surface area contributed by atoms with Gasteiger partial charge in [-0.05, 0) is 17.7 Å². The van der Waals surface area contributed by atoms with Crippen molar-refractivity contribution in [3.05, 3.63) is 81.3 Å². The maximum absolute atomic E-state index is 6.63. The molecular formula is C24H21Cl2NO4. The molecule has 2 aliphatic rings. The molecule has 0 aromatic heterocycles. The zero-order chi connectivity index (χ0) is 21.6. The van der Waals surface area contributed by atoms with Crippen LogP contribution in [0.2, 0.25) is 10.0 Å². The van der Waals surface area contributed by atoms with Gasteiger partial charge in [-0.3, -0.25) is 0 Å². The van der Waals surface area contributed by atoms with E-state index in [1.54, 1.807) is 26.4 Å². The lowest BCUT2D eigenvalue weighted by Crippen LogP contribution is -2.40. The molecule has 1 spiro atoms. The van der Waals surface area contributed by atoms with Crippen LogP contribution in [-0.4, -0.2) is 14.2 Å². The zero-order valence-electron chi connectivity index (χ0n) is 17.1. The lowest BCUT2D eigenvalue weighted by molar-refractivity contribution is -0.196. The van der Waals surface area contributed by atoms with Gasteiger partial charge in [0.05, 0.1) is 31.9 Å². The molecule has 7 heteroatoms. The highest BCUT2D eigenvalue weighted by Crippen LogP contribution is 2.52. The molecule has 5 rings (SSSR count). The van der Waals surface area contributed by atoms with Gasteiger partial charge >= 0.3 is 0 Å². The van der Waals surface area contributed by atoms with Gasteiger partial charge < -0.3 is 24.3 Å². The van der Waals surface area contributed by atoms with Crippen molar-refractivity contribution in [1.29, 1.82) is 0 Å². The van der Waals surface area contributed by atoms with Gasteiger partial charge in [0.2, 0.25) is 5.79 Å². The van der Waals surface area contributed by atoms with E-state index in [-0.39, 0.29) is 6.04 Å². The topological polar surface area (TPSA) is 49.0 Å². The second-order valence-corrected chi connectivity index (χ2v) is 8.45. The molecule has 5 nitrogen and oxygen atoms in total. The van der Waals surface area contributed by atoms with Crippen LogP contribution in [0, 0.1) is 0 Å². The van der Waals surface area contributed by atoms with E-state index in [1.165, 1.54) is 0 Å². The fourth-order valence-corrected chi connectivity index (χ4v) is 4.94. The van der Waals surface area contributed by atoms with Crippen LogP contribution in [0.3, 0.4) is 0 Å². The molecule has 0 unspecified atom stereocenters. The number of hydrogen-bond donors (Lipinski definition) is 1. The van der Waals surface area contributed by atoms with Crippen molar-refractivity contribution in [3.8, 4) is 17.2 Å². The Morgan fingerprint density at radius 1 is 1.00 bits per heavy atom. The van der Waals surface area contributed by atoms with Gasteiger partial charge in [-0.15, -0.1) is 0 Å². The number of rotatable bonds is 4. The Kier molecular flexibility index (Phi) is 5.13. The molecule has 0 saturated heterocycles. The summed E-state index contributed by atoms with van der Waals surface area (Å²) in [6.07, 6.45) is 0.526. The van der Waals surface area contributed by atoms with Gasteiger partial charge in [-0.1, -0.05) is 47.5 Å². The summed E-state index contributed by atoms with van der Waals surface area (Å²) in [6.45, 7) is 0.486. The molecule has 3 aromatic carbocycles. The fraction of sp³-hybridized carbons (Fsp3) is 0.250. The van der Waals surface area contributed by atoms with Crippen molar-refractivity contribution in [2.24, 2.45) is 0 Å². The normalized spacial score (nSPS) is 21.2. The van der Waals surface area contributed by atoms with Crippen LogP contribution in [0.1, 0.15) is 29.2 Å². The minimum absolute atomic E-state index is 0.198. The summed E-state index contributed by atoms with van der Waals surface area (Å²) < 4.78 is 23.5. The van der Waals surface area contributed by atoms with Crippen LogP contribution in [0.5, 0.6) is 17.2 Å². The first-order chi connectivity index (χ1) is 15.0. The van der Waals surface area contributed by atoms with Crippen molar-refractivity contribution in [2.75, 3.05) is 19.5 Å². The average Bonchev–Trinajstić information content (AvgIpc) is 3.10. The number of benzene rings is 3. The summed E-state index contributed by atoms with van der Waals surface area (Å²) in [6, 6.07) is 17.1. The first kappa shape index (κ1) is 20.3. The van der Waals surface area contributed by atoms with Crippen LogP contribution in [0.15, 0.2) is 54.6 Å². The molecule has 2 atom stereocenters. The first-order valence-electron chi connectivity index (χ1n) is 9.91. The summed E-state index contributed by atoms with van der Waals surface area (Å²) in [5.41, 5.74) is 3.81. The second-order valence-electron chi connectivity index (χ2n) is 7.60. The number of fused-ring (bicyclic) bond motifs is 3. The van der Waals surface area contributed by atoms with E-state index in [2.05, 4.69) is 11.4 Å². The minimum atomic E-state index is -0.918. The van der Waals surface area contributed by atoms with Gasteiger partial charge in [0, 0.05) is 46.5 Å². The number of halogens is 2. The van der Waals surface area contributed by atoms with Gasteiger partial charge in [-0.2, -0.15) is 0 Å². The second kappa shape index (κ2) is 7.83. The quantitative estimate of drug-likeness (QED) is 0.495. The first-order valence-corrected chi connectivity index (χ1v) is 10.7. The number of hydrogen-bond acceptors (Lipinski definition) is 5. The Balaban J connectivity index is 1.60. The Morgan fingerprint density at radius 2 is 1.74 bits per heavy atom. The van der Waals surface area contributed by atoms with Crippen molar-refractivity contribution < 1.29 is 18.9 Å². The average molecular weight is 458 g/mol. The van der Waals surface area contributed by atoms with E-state index in [9.17, 15) is 0 Å². The van der Waals surface area contributed by atoms with Crippen molar-refractivity contribution in [1.82, 2.24) is 0 Å². The van der Waals surface area contributed by atoms with Crippen LogP contribution in [0.25, 0.3) is 0 Å². The third-order valence-corrected chi connectivity index (χ3v) is 6.26. The Labute approximate surface area is 190 Å². The van der Waals surface area contributed by atoms with E-state index < -0.39 is 5.79 Å². The largest absolute Gasteiger partial charge is 0.497 e. The van der Waals surface area contributed by atoms with E-state index >= 15 is 0 Å². The highest BCUT2D eigenvalue weighted by Gasteiger charge is 2.49. The van der Waals surface area contributed by atoms with Crippen LogP contribution >= 0.6 is 23.2 Å². The summed E-state index contributed by atoms with van der Waals surface area (Å²) >= 11 is 12.9. The molecule has 160 valence electrons. The molecule has 0 aliphatic carbocycles. The molecule has 2 heterocycles. The summed E-state index contributed by atoms with van der Waals surface area (Å²) in [5.74, 6) is 1.06. The van der Waals surface area contributed by atoms with E-state index in [1.807, 2.05) is 36.4 Å². The Morgan fingerprint density at radius 3 is 2.48 bits per heavy atom. The van der Waals surface area contributed by atoms with Crippen molar-refractivity contribution >= 4 is 28.9 Å². The molecule has 0 amide bonds. The standard InChI is InChI=1S/C24H21Cl2NO4/c1-28-17-9-16(10-18(11-17)29-2)27-21-12-24(19-6-4-3-5-14(19)13-30-24)31-22-8-15(25)7-20(26)23(21)22/h3-11,21,27H,12-13H2,1-2H3/t21-,24+/m1/s1. The highest BCUT2D eigenvalue weighted by atomic mass is 35.5. The van der Waals surface area contributed by atoms with Crippen molar-refractivity contribution in [2.45, 2.75) is 24.9 Å². The molecule has 0 bridgehead atoms. The molecular weight excluding hydrogens is 437 g/mol. The van der Waals surface area contributed by atoms with Crippen LogP contribution < -0.4 is 19.5 Å². The fourth-order valence-electron chi connectivity index (χ4n) is 4.33. The number of nitrogens with one attached hydrogen (secondary N) is 1. The summed E-state index contributed by atoms with van der Waals surface area (Å²) in [7, 11) is 3.25. The monoisotopic (exact) mass is 457 g/mol. The zero-order valence-corrected chi connectivity index (χ0v) is 18.6. The van der Waals surface area contributed by atoms with E-state index in [0.29, 0.717) is 40.3 Å². The lowest BCUT2D eigenvalue weighted by atomic mass is 9.89. The van der Waals surface area contributed by atoms with E-state index in [0.717, 1.165) is 22.4 Å². The van der Waals surface area contributed by atoms with Gasteiger partial charge in [0.15, 0.2) is 0 Å².